The molecule has 0 radical (unpaired) electrons. The van der Waals surface area contributed by atoms with Crippen LogP contribution >= 0.6 is 0 Å². The van der Waals surface area contributed by atoms with Gasteiger partial charge in [-0.25, -0.2) is 4.39 Å². The Morgan fingerprint density at radius 1 is 1.26 bits per heavy atom. The van der Waals surface area contributed by atoms with Crippen LogP contribution in [0.5, 0.6) is 5.75 Å². The first-order valence-electron chi connectivity index (χ1n) is 5.77. The van der Waals surface area contributed by atoms with Gasteiger partial charge in [0.25, 0.3) is 0 Å². The van der Waals surface area contributed by atoms with Crippen molar-refractivity contribution in [3.05, 3.63) is 58.9 Å². The van der Waals surface area contributed by atoms with Crippen LogP contribution in [0, 0.1) is 24.1 Å². The van der Waals surface area contributed by atoms with E-state index in [9.17, 15) is 4.39 Å². The third kappa shape index (κ3) is 3.02. The predicted octanol–water partition coefficient (Wildman–Crippen LogP) is 3.17. The van der Waals surface area contributed by atoms with Gasteiger partial charge in [-0.1, -0.05) is 6.07 Å². The van der Waals surface area contributed by atoms with Crippen LogP contribution < -0.4 is 10.5 Å². The molecule has 0 aliphatic carbocycles. The van der Waals surface area contributed by atoms with Gasteiger partial charge in [-0.15, -0.1) is 0 Å². The van der Waals surface area contributed by atoms with Crippen LogP contribution in [0.25, 0.3) is 0 Å². The lowest BCUT2D eigenvalue weighted by atomic mass is 10.1. The van der Waals surface area contributed by atoms with E-state index in [2.05, 4.69) is 0 Å². The topological polar surface area (TPSA) is 59.0 Å². The monoisotopic (exact) mass is 256 g/mol. The minimum Gasteiger partial charge on any atom is -0.487 e. The van der Waals surface area contributed by atoms with Crippen LogP contribution in [0.2, 0.25) is 0 Å². The van der Waals surface area contributed by atoms with Crippen LogP contribution in [-0.2, 0) is 6.61 Å². The smallest absolute Gasteiger partial charge is 0.142 e. The summed E-state index contributed by atoms with van der Waals surface area (Å²) in [5, 5.41) is 8.95. The van der Waals surface area contributed by atoms with Gasteiger partial charge in [-0.2, -0.15) is 5.26 Å². The molecule has 0 unspecified atom stereocenters. The number of nitrogens with two attached hydrogens (primary N) is 1. The Morgan fingerprint density at radius 3 is 2.79 bits per heavy atom. The highest BCUT2D eigenvalue weighted by atomic mass is 19.1. The molecule has 3 nitrogen and oxygen atoms in total. The van der Waals surface area contributed by atoms with Gasteiger partial charge in [0, 0.05) is 5.56 Å². The van der Waals surface area contributed by atoms with E-state index >= 15 is 0 Å². The van der Waals surface area contributed by atoms with Crippen molar-refractivity contribution in [3.8, 4) is 11.8 Å². The molecule has 0 heterocycles. The summed E-state index contributed by atoms with van der Waals surface area (Å²) in [7, 11) is 0. The maximum atomic E-state index is 13.2. The van der Waals surface area contributed by atoms with Gasteiger partial charge >= 0.3 is 0 Å². The number of aryl methyl sites for hydroxylation is 1. The Labute approximate surface area is 111 Å². The lowest BCUT2D eigenvalue weighted by molar-refractivity contribution is 0.307. The zero-order chi connectivity index (χ0) is 13.8. The number of anilines is 1. The van der Waals surface area contributed by atoms with Crippen LogP contribution in [0.15, 0.2) is 36.4 Å². The van der Waals surface area contributed by atoms with E-state index in [1.807, 2.05) is 19.1 Å². The van der Waals surface area contributed by atoms with Crippen LogP contribution in [-0.4, -0.2) is 0 Å². The van der Waals surface area contributed by atoms with E-state index in [0.29, 0.717) is 22.6 Å². The molecule has 19 heavy (non-hydrogen) atoms. The number of hydrogen-bond acceptors (Lipinski definition) is 3. The van der Waals surface area contributed by atoms with Gasteiger partial charge in [0.1, 0.15) is 18.2 Å². The molecule has 0 aliphatic heterocycles. The number of hydrogen-bond donors (Lipinski definition) is 1. The Kier molecular flexibility index (Phi) is 3.67. The fraction of sp³-hybridized carbons (Fsp3) is 0.133. The molecule has 2 rings (SSSR count). The molecule has 96 valence electrons. The fourth-order valence-corrected chi connectivity index (χ4v) is 1.71. The van der Waals surface area contributed by atoms with Crippen molar-refractivity contribution in [1.29, 1.82) is 5.26 Å². The summed E-state index contributed by atoms with van der Waals surface area (Å²) in [6.07, 6.45) is 0. The Hall–Kier alpha value is -2.54. The molecule has 0 saturated carbocycles. The van der Waals surface area contributed by atoms with Crippen LogP contribution in [0.3, 0.4) is 0 Å². The minimum absolute atomic E-state index is 0.105. The summed E-state index contributed by atoms with van der Waals surface area (Å²) in [5.74, 6) is 0.142. The van der Waals surface area contributed by atoms with Crippen molar-refractivity contribution in [1.82, 2.24) is 0 Å². The highest BCUT2D eigenvalue weighted by Crippen LogP contribution is 2.24. The Morgan fingerprint density at radius 2 is 2.05 bits per heavy atom. The van der Waals surface area contributed by atoms with Gasteiger partial charge < -0.3 is 10.5 Å². The molecule has 2 aromatic rings. The molecule has 0 fully saturated rings. The summed E-state index contributed by atoms with van der Waals surface area (Å²) in [4.78, 5) is 0. The molecule has 0 bridgehead atoms. The molecular formula is C15H13FN2O. The Balaban J connectivity index is 2.21. The van der Waals surface area contributed by atoms with E-state index in [0.717, 1.165) is 5.56 Å². The normalized spacial score (nSPS) is 9.95. The first kappa shape index (κ1) is 12.9. The van der Waals surface area contributed by atoms with Crippen molar-refractivity contribution in [2.24, 2.45) is 0 Å². The second-order valence-corrected chi connectivity index (χ2v) is 4.24. The molecular weight excluding hydrogens is 243 g/mol. The Bertz CT molecular complexity index is 647. The van der Waals surface area contributed by atoms with E-state index in [1.54, 1.807) is 12.1 Å². The summed E-state index contributed by atoms with van der Waals surface area (Å²) in [6.45, 7) is 2.03. The van der Waals surface area contributed by atoms with Crippen LogP contribution in [0.1, 0.15) is 16.7 Å². The van der Waals surface area contributed by atoms with Gasteiger partial charge in [-0.05, 0) is 42.8 Å². The van der Waals surface area contributed by atoms with E-state index in [4.69, 9.17) is 15.7 Å². The maximum absolute atomic E-state index is 13.2. The van der Waals surface area contributed by atoms with E-state index in [-0.39, 0.29) is 6.61 Å². The number of nitrogen functional groups attached to an aromatic ring is 1. The van der Waals surface area contributed by atoms with E-state index in [1.165, 1.54) is 18.2 Å². The fourth-order valence-electron chi connectivity index (χ4n) is 1.71. The second-order valence-electron chi connectivity index (χ2n) is 4.24. The lowest BCUT2D eigenvalue weighted by Gasteiger charge is -2.10. The van der Waals surface area contributed by atoms with Crippen molar-refractivity contribution in [2.75, 3.05) is 5.73 Å². The van der Waals surface area contributed by atoms with Crippen molar-refractivity contribution in [3.63, 3.8) is 0 Å². The summed E-state index contributed by atoms with van der Waals surface area (Å²) >= 11 is 0. The predicted molar refractivity (Wildman–Crippen MR) is 71.0 cm³/mol. The molecule has 0 saturated heterocycles. The summed E-state index contributed by atoms with van der Waals surface area (Å²) in [5.41, 5.74) is 8.22. The number of rotatable bonds is 3. The number of ether oxygens (including phenoxy) is 1. The van der Waals surface area contributed by atoms with Crippen LogP contribution in [0.4, 0.5) is 10.1 Å². The SMILES string of the molecule is Cc1ccc(N)c(OCc2cc(F)ccc2C#N)c1. The molecule has 0 atom stereocenters. The van der Waals surface area contributed by atoms with Gasteiger partial charge in [-0.3, -0.25) is 0 Å². The maximum Gasteiger partial charge on any atom is 0.142 e. The third-order valence-corrected chi connectivity index (χ3v) is 2.74. The lowest BCUT2D eigenvalue weighted by Crippen LogP contribution is -2.01. The van der Waals surface area contributed by atoms with Gasteiger partial charge in [0.15, 0.2) is 0 Å². The molecule has 2 N–H and O–H groups in total. The molecule has 0 amide bonds. The standard InChI is InChI=1S/C15H13FN2O/c1-10-2-5-14(18)15(6-10)19-9-12-7-13(16)4-3-11(12)8-17/h2-7H,9,18H2,1H3. The van der Waals surface area contributed by atoms with Crippen molar-refractivity contribution >= 4 is 5.69 Å². The first-order valence-corrected chi connectivity index (χ1v) is 5.77. The first-order chi connectivity index (χ1) is 9.10. The zero-order valence-corrected chi connectivity index (χ0v) is 10.5. The highest BCUT2D eigenvalue weighted by Gasteiger charge is 2.06. The van der Waals surface area contributed by atoms with Gasteiger partial charge in [0.05, 0.1) is 17.3 Å². The van der Waals surface area contributed by atoms with Crippen molar-refractivity contribution < 1.29 is 9.13 Å². The van der Waals surface area contributed by atoms with Gasteiger partial charge in [0.2, 0.25) is 0 Å². The zero-order valence-electron chi connectivity index (χ0n) is 10.5. The molecule has 2 aromatic carbocycles. The molecule has 0 aromatic heterocycles. The largest absolute Gasteiger partial charge is 0.487 e. The minimum atomic E-state index is -0.394. The quantitative estimate of drug-likeness (QED) is 0.858. The second kappa shape index (κ2) is 5.40. The number of halogens is 1. The van der Waals surface area contributed by atoms with Crippen molar-refractivity contribution in [2.45, 2.75) is 13.5 Å². The highest BCUT2D eigenvalue weighted by molar-refractivity contribution is 5.53. The number of nitriles is 1. The number of benzene rings is 2. The summed E-state index contributed by atoms with van der Waals surface area (Å²) in [6, 6.07) is 11.4. The number of nitrogens with zero attached hydrogens (tertiary/aromatic N) is 1. The molecule has 0 aliphatic rings. The average molecular weight is 256 g/mol. The average Bonchev–Trinajstić information content (AvgIpc) is 2.40. The molecule has 0 spiro atoms. The summed E-state index contributed by atoms with van der Waals surface area (Å²) < 4.78 is 18.7. The molecule has 4 heteroatoms. The van der Waals surface area contributed by atoms with E-state index < -0.39 is 5.82 Å². The third-order valence-electron chi connectivity index (χ3n) is 2.74.